The zero-order valence-corrected chi connectivity index (χ0v) is 9.99. The summed E-state index contributed by atoms with van der Waals surface area (Å²) in [5, 5.41) is 10.9. The number of rotatable bonds is 7. The number of benzene rings is 1. The van der Waals surface area contributed by atoms with Crippen molar-refractivity contribution in [3.63, 3.8) is 0 Å². The van der Waals surface area contributed by atoms with E-state index < -0.39 is 5.82 Å². The number of halogens is 1. The molecule has 0 fully saturated rings. The second-order valence-corrected chi connectivity index (χ2v) is 3.73. The van der Waals surface area contributed by atoms with Crippen LogP contribution in [0.15, 0.2) is 18.2 Å². The Morgan fingerprint density at radius 1 is 1.44 bits per heavy atom. The molecule has 1 aromatic carbocycles. The Morgan fingerprint density at radius 2 is 2.22 bits per heavy atom. The van der Waals surface area contributed by atoms with Crippen molar-refractivity contribution in [3.05, 3.63) is 24.0 Å². The number of hydrogen-bond donors (Lipinski definition) is 3. The molecule has 0 heterocycles. The third-order valence-corrected chi connectivity index (χ3v) is 2.19. The van der Waals surface area contributed by atoms with Crippen LogP contribution in [0.4, 0.5) is 15.8 Å². The van der Waals surface area contributed by atoms with E-state index in [1.54, 1.807) is 0 Å². The van der Waals surface area contributed by atoms with Gasteiger partial charge in [-0.3, -0.25) is 4.79 Å². The van der Waals surface area contributed by atoms with Crippen LogP contribution in [0.5, 0.6) is 0 Å². The number of ether oxygens (including phenoxy) is 1. The molecular formula is C12H17FN2O3. The van der Waals surface area contributed by atoms with E-state index in [0.717, 1.165) is 0 Å². The van der Waals surface area contributed by atoms with E-state index in [0.29, 0.717) is 18.7 Å². The van der Waals surface area contributed by atoms with E-state index >= 15 is 0 Å². The SMILES string of the molecule is Nc1ccc(F)c(NC(=O)CCCOCCO)c1. The summed E-state index contributed by atoms with van der Waals surface area (Å²) < 4.78 is 18.3. The number of carbonyl (C=O) groups excluding carboxylic acids is 1. The quantitative estimate of drug-likeness (QED) is 0.504. The van der Waals surface area contributed by atoms with Gasteiger partial charge < -0.3 is 20.9 Å². The lowest BCUT2D eigenvalue weighted by molar-refractivity contribution is -0.116. The average Bonchev–Trinajstić information content (AvgIpc) is 2.33. The van der Waals surface area contributed by atoms with Crippen LogP contribution < -0.4 is 11.1 Å². The second-order valence-electron chi connectivity index (χ2n) is 3.73. The maximum atomic E-state index is 13.3. The molecule has 100 valence electrons. The molecule has 0 atom stereocenters. The molecule has 0 bridgehead atoms. The first-order valence-corrected chi connectivity index (χ1v) is 5.67. The third kappa shape index (κ3) is 5.11. The van der Waals surface area contributed by atoms with Gasteiger partial charge in [-0.05, 0) is 24.6 Å². The van der Waals surface area contributed by atoms with Crippen molar-refractivity contribution in [2.45, 2.75) is 12.8 Å². The third-order valence-electron chi connectivity index (χ3n) is 2.19. The smallest absolute Gasteiger partial charge is 0.224 e. The maximum absolute atomic E-state index is 13.3. The van der Waals surface area contributed by atoms with E-state index in [9.17, 15) is 9.18 Å². The second kappa shape index (κ2) is 7.62. The Bertz CT molecular complexity index is 399. The summed E-state index contributed by atoms with van der Waals surface area (Å²) in [6.07, 6.45) is 0.732. The topological polar surface area (TPSA) is 84.6 Å². The zero-order chi connectivity index (χ0) is 13.4. The summed E-state index contributed by atoms with van der Waals surface area (Å²) in [4.78, 5) is 11.5. The lowest BCUT2D eigenvalue weighted by Crippen LogP contribution is -2.14. The number of carbonyl (C=O) groups is 1. The lowest BCUT2D eigenvalue weighted by Gasteiger charge is -2.07. The molecule has 0 aromatic heterocycles. The number of aliphatic hydroxyl groups excluding tert-OH is 1. The fourth-order valence-corrected chi connectivity index (χ4v) is 1.35. The molecule has 0 saturated carbocycles. The van der Waals surface area contributed by atoms with Crippen molar-refractivity contribution in [1.29, 1.82) is 0 Å². The Kier molecular flexibility index (Phi) is 6.10. The molecule has 4 N–H and O–H groups in total. The molecule has 0 unspecified atom stereocenters. The van der Waals surface area contributed by atoms with Crippen LogP contribution in [0.1, 0.15) is 12.8 Å². The minimum absolute atomic E-state index is 0.0410. The van der Waals surface area contributed by atoms with Gasteiger partial charge in [0.15, 0.2) is 0 Å². The summed E-state index contributed by atoms with van der Waals surface area (Å²) in [5.74, 6) is -0.818. The van der Waals surface area contributed by atoms with Gasteiger partial charge in [0.25, 0.3) is 0 Å². The van der Waals surface area contributed by atoms with Crippen LogP contribution in [-0.4, -0.2) is 30.8 Å². The summed E-state index contributed by atoms with van der Waals surface area (Å²) in [5.41, 5.74) is 5.96. The summed E-state index contributed by atoms with van der Waals surface area (Å²) in [6.45, 7) is 0.597. The Hall–Kier alpha value is -1.66. The number of anilines is 2. The summed E-state index contributed by atoms with van der Waals surface area (Å²) in [6, 6.07) is 4.00. The minimum Gasteiger partial charge on any atom is -0.399 e. The van der Waals surface area contributed by atoms with Gasteiger partial charge in [0.2, 0.25) is 5.91 Å². The highest BCUT2D eigenvalue weighted by Gasteiger charge is 2.07. The van der Waals surface area contributed by atoms with Gasteiger partial charge in [-0.2, -0.15) is 0 Å². The largest absolute Gasteiger partial charge is 0.399 e. The van der Waals surface area contributed by atoms with Crippen molar-refractivity contribution in [2.75, 3.05) is 30.9 Å². The van der Waals surface area contributed by atoms with Gasteiger partial charge in [0, 0.05) is 18.7 Å². The molecule has 1 aromatic rings. The molecule has 0 aliphatic rings. The van der Waals surface area contributed by atoms with Crippen LogP contribution in [0.25, 0.3) is 0 Å². The molecule has 18 heavy (non-hydrogen) atoms. The minimum atomic E-state index is -0.519. The number of nitrogens with one attached hydrogen (secondary N) is 1. The van der Waals surface area contributed by atoms with E-state index in [4.69, 9.17) is 15.6 Å². The van der Waals surface area contributed by atoms with E-state index in [2.05, 4.69) is 5.32 Å². The highest BCUT2D eigenvalue weighted by atomic mass is 19.1. The van der Waals surface area contributed by atoms with Crippen molar-refractivity contribution >= 4 is 17.3 Å². The first-order chi connectivity index (χ1) is 8.63. The van der Waals surface area contributed by atoms with Crippen molar-refractivity contribution < 1.29 is 19.0 Å². The van der Waals surface area contributed by atoms with Crippen LogP contribution in [0.3, 0.4) is 0 Å². The first-order valence-electron chi connectivity index (χ1n) is 5.67. The Labute approximate surface area is 105 Å². The highest BCUT2D eigenvalue weighted by Crippen LogP contribution is 2.17. The molecule has 0 aliphatic heterocycles. The van der Waals surface area contributed by atoms with Crippen molar-refractivity contribution in [1.82, 2.24) is 0 Å². The van der Waals surface area contributed by atoms with Gasteiger partial charge in [0.1, 0.15) is 5.82 Å². The fraction of sp³-hybridized carbons (Fsp3) is 0.417. The van der Waals surface area contributed by atoms with Crippen LogP contribution in [0.2, 0.25) is 0 Å². The zero-order valence-electron chi connectivity index (χ0n) is 9.99. The van der Waals surface area contributed by atoms with Gasteiger partial charge in [-0.1, -0.05) is 0 Å². The van der Waals surface area contributed by atoms with Gasteiger partial charge in [0.05, 0.1) is 18.9 Å². The first kappa shape index (κ1) is 14.4. The van der Waals surface area contributed by atoms with Crippen LogP contribution in [-0.2, 0) is 9.53 Å². The van der Waals surface area contributed by atoms with E-state index in [1.807, 2.05) is 0 Å². The Balaban J connectivity index is 2.33. The van der Waals surface area contributed by atoms with Crippen molar-refractivity contribution in [3.8, 4) is 0 Å². The highest BCUT2D eigenvalue weighted by molar-refractivity contribution is 5.91. The van der Waals surface area contributed by atoms with E-state index in [-0.39, 0.29) is 31.2 Å². The lowest BCUT2D eigenvalue weighted by atomic mass is 10.2. The van der Waals surface area contributed by atoms with E-state index in [1.165, 1.54) is 18.2 Å². The van der Waals surface area contributed by atoms with Gasteiger partial charge in [-0.15, -0.1) is 0 Å². The molecule has 6 heteroatoms. The molecule has 5 nitrogen and oxygen atoms in total. The normalized spacial score (nSPS) is 10.3. The monoisotopic (exact) mass is 256 g/mol. The predicted molar refractivity (Wildman–Crippen MR) is 66.6 cm³/mol. The van der Waals surface area contributed by atoms with Gasteiger partial charge in [-0.25, -0.2) is 4.39 Å². The molecule has 0 radical (unpaired) electrons. The molecule has 0 saturated heterocycles. The summed E-state index contributed by atoms with van der Waals surface area (Å²) in [7, 11) is 0. The Morgan fingerprint density at radius 3 is 2.94 bits per heavy atom. The standard InChI is InChI=1S/C12H17FN2O3/c13-10-4-3-9(14)8-11(10)15-12(17)2-1-6-18-7-5-16/h3-4,8,16H,1-2,5-7,14H2,(H,15,17). The van der Waals surface area contributed by atoms with Crippen LogP contribution >= 0.6 is 0 Å². The molecule has 1 rings (SSSR count). The van der Waals surface area contributed by atoms with Crippen LogP contribution in [0, 0.1) is 5.82 Å². The molecular weight excluding hydrogens is 239 g/mol. The van der Waals surface area contributed by atoms with Gasteiger partial charge >= 0.3 is 0 Å². The number of aliphatic hydroxyl groups is 1. The summed E-state index contributed by atoms with van der Waals surface area (Å²) >= 11 is 0. The van der Waals surface area contributed by atoms with Crippen molar-refractivity contribution in [2.24, 2.45) is 0 Å². The predicted octanol–water partition coefficient (Wildman–Crippen LogP) is 1.14. The number of nitrogens with two attached hydrogens (primary N) is 1. The molecule has 0 spiro atoms. The number of amides is 1. The molecule has 0 aliphatic carbocycles. The fourth-order valence-electron chi connectivity index (χ4n) is 1.35. The number of nitrogen functional groups attached to an aromatic ring is 1. The molecule has 1 amide bonds. The number of hydrogen-bond acceptors (Lipinski definition) is 4. The maximum Gasteiger partial charge on any atom is 0.224 e. The average molecular weight is 256 g/mol.